The second-order valence-electron chi connectivity index (χ2n) is 6.97. The van der Waals surface area contributed by atoms with Gasteiger partial charge in [-0.3, -0.25) is 9.88 Å². The largest absolute Gasteiger partial charge is 0.330 e. The topological polar surface area (TPSA) is 46.0 Å². The minimum absolute atomic E-state index is 0.446. The molecule has 5 heteroatoms. The van der Waals surface area contributed by atoms with E-state index >= 15 is 0 Å². The van der Waals surface area contributed by atoms with Crippen molar-refractivity contribution in [3.8, 4) is 0 Å². The van der Waals surface area contributed by atoms with Gasteiger partial charge in [-0.1, -0.05) is 18.2 Å². The summed E-state index contributed by atoms with van der Waals surface area (Å²) in [5.41, 5.74) is 3.57. The van der Waals surface area contributed by atoms with Crippen molar-refractivity contribution >= 4 is 11.0 Å². The molecule has 25 heavy (non-hydrogen) atoms. The highest BCUT2D eigenvalue weighted by atomic mass is 15.2. The van der Waals surface area contributed by atoms with E-state index in [1.807, 2.05) is 24.5 Å². The lowest BCUT2D eigenvalue weighted by atomic mass is 9.95. The Morgan fingerprint density at radius 2 is 2.04 bits per heavy atom. The van der Waals surface area contributed by atoms with E-state index in [1.165, 1.54) is 17.5 Å². The van der Waals surface area contributed by atoms with Crippen LogP contribution < -0.4 is 5.32 Å². The van der Waals surface area contributed by atoms with Crippen LogP contribution in [0.1, 0.15) is 23.9 Å². The van der Waals surface area contributed by atoms with Crippen LogP contribution in [0.25, 0.3) is 11.0 Å². The van der Waals surface area contributed by atoms with Crippen molar-refractivity contribution in [2.45, 2.75) is 19.0 Å². The quantitative estimate of drug-likeness (QED) is 0.779. The first-order chi connectivity index (χ1) is 12.2. The number of para-hydroxylation sites is 2. The third kappa shape index (κ3) is 3.17. The fourth-order valence-electron chi connectivity index (χ4n) is 4.04. The van der Waals surface area contributed by atoms with Crippen molar-refractivity contribution in [2.24, 2.45) is 13.0 Å². The predicted molar refractivity (Wildman–Crippen MR) is 100 cm³/mol. The number of rotatable bonds is 5. The molecule has 2 aromatic heterocycles. The van der Waals surface area contributed by atoms with Gasteiger partial charge in [0, 0.05) is 32.0 Å². The van der Waals surface area contributed by atoms with Crippen LogP contribution in [0.5, 0.6) is 0 Å². The van der Waals surface area contributed by atoms with Crippen molar-refractivity contribution in [1.29, 1.82) is 0 Å². The number of likely N-dealkylation sites (tertiary alicyclic amines) is 1. The van der Waals surface area contributed by atoms with Gasteiger partial charge in [0.25, 0.3) is 0 Å². The predicted octanol–water partition coefficient (Wildman–Crippen LogP) is 2.75. The van der Waals surface area contributed by atoms with Gasteiger partial charge in [-0.15, -0.1) is 0 Å². The zero-order valence-electron chi connectivity index (χ0n) is 14.9. The molecule has 1 aromatic carbocycles. The molecule has 0 aliphatic carbocycles. The molecule has 1 saturated heterocycles. The van der Waals surface area contributed by atoms with Gasteiger partial charge in [-0.2, -0.15) is 0 Å². The first-order valence-electron chi connectivity index (χ1n) is 8.95. The van der Waals surface area contributed by atoms with Crippen molar-refractivity contribution in [3.05, 3.63) is 60.2 Å². The molecule has 5 nitrogen and oxygen atoms in total. The molecule has 0 bridgehead atoms. The molecule has 4 rings (SSSR count). The monoisotopic (exact) mass is 335 g/mol. The van der Waals surface area contributed by atoms with E-state index in [0.717, 1.165) is 31.0 Å². The Morgan fingerprint density at radius 1 is 1.16 bits per heavy atom. The van der Waals surface area contributed by atoms with Crippen LogP contribution in [0.3, 0.4) is 0 Å². The molecule has 2 atom stereocenters. The molecule has 3 heterocycles. The van der Waals surface area contributed by atoms with E-state index in [1.54, 1.807) is 0 Å². The standard InChI is InChI=1S/C20H25N5/c1-24-11-9-16(20(24)15-6-5-10-21-12-15)13-22-14-19-23-17-7-3-4-8-18(17)25(19)2/h3-8,10,12,16,20,22H,9,11,13-14H2,1-2H3/t16-,20-/m0/s1. The van der Waals surface area contributed by atoms with Crippen LogP contribution in [0.2, 0.25) is 0 Å². The Balaban J connectivity index is 1.43. The van der Waals surface area contributed by atoms with Crippen molar-refractivity contribution in [2.75, 3.05) is 20.1 Å². The molecule has 0 spiro atoms. The molecule has 1 aliphatic heterocycles. The fraction of sp³-hybridized carbons (Fsp3) is 0.400. The highest BCUT2D eigenvalue weighted by Gasteiger charge is 2.32. The molecule has 0 unspecified atom stereocenters. The van der Waals surface area contributed by atoms with Gasteiger partial charge < -0.3 is 9.88 Å². The van der Waals surface area contributed by atoms with E-state index in [9.17, 15) is 0 Å². The summed E-state index contributed by atoms with van der Waals surface area (Å²) >= 11 is 0. The molecule has 130 valence electrons. The molecule has 1 N–H and O–H groups in total. The van der Waals surface area contributed by atoms with Crippen LogP contribution in [0.15, 0.2) is 48.8 Å². The number of fused-ring (bicyclic) bond motifs is 1. The van der Waals surface area contributed by atoms with Crippen LogP contribution in [0, 0.1) is 5.92 Å². The van der Waals surface area contributed by atoms with E-state index < -0.39 is 0 Å². The third-order valence-electron chi connectivity index (χ3n) is 5.37. The number of hydrogen-bond acceptors (Lipinski definition) is 4. The maximum absolute atomic E-state index is 4.75. The van der Waals surface area contributed by atoms with E-state index in [0.29, 0.717) is 12.0 Å². The first-order valence-corrected chi connectivity index (χ1v) is 8.95. The second kappa shape index (κ2) is 6.94. The molecular formula is C20H25N5. The highest BCUT2D eigenvalue weighted by Crippen LogP contribution is 2.35. The maximum atomic E-state index is 4.75. The Bertz CT molecular complexity index is 842. The van der Waals surface area contributed by atoms with Crippen LogP contribution in [-0.4, -0.2) is 39.6 Å². The highest BCUT2D eigenvalue weighted by molar-refractivity contribution is 5.75. The summed E-state index contributed by atoms with van der Waals surface area (Å²) in [6.45, 7) is 2.93. The van der Waals surface area contributed by atoms with Crippen LogP contribution in [-0.2, 0) is 13.6 Å². The normalized spacial score (nSPS) is 21.2. The molecule has 0 radical (unpaired) electrons. The molecule has 0 amide bonds. The summed E-state index contributed by atoms with van der Waals surface area (Å²) in [6.07, 6.45) is 5.06. The van der Waals surface area contributed by atoms with Gasteiger partial charge >= 0.3 is 0 Å². The summed E-state index contributed by atoms with van der Waals surface area (Å²) in [6, 6.07) is 13.0. The van der Waals surface area contributed by atoms with Crippen molar-refractivity contribution < 1.29 is 0 Å². The minimum atomic E-state index is 0.446. The van der Waals surface area contributed by atoms with Gasteiger partial charge in [0.2, 0.25) is 0 Å². The van der Waals surface area contributed by atoms with E-state index in [2.05, 4.69) is 58.1 Å². The molecule has 3 aromatic rings. The number of benzene rings is 1. The Kier molecular flexibility index (Phi) is 4.51. The zero-order chi connectivity index (χ0) is 17.2. The number of aryl methyl sites for hydroxylation is 1. The van der Waals surface area contributed by atoms with Crippen molar-refractivity contribution in [1.82, 2.24) is 24.8 Å². The fourth-order valence-corrected chi connectivity index (χ4v) is 4.04. The second-order valence-corrected chi connectivity index (χ2v) is 6.97. The SMILES string of the molecule is CN1CC[C@@H](CNCc2nc3ccccc3n2C)[C@@H]1c1cccnc1. The van der Waals surface area contributed by atoms with Gasteiger partial charge in [-0.05, 0) is 49.7 Å². The Morgan fingerprint density at radius 3 is 2.84 bits per heavy atom. The van der Waals surface area contributed by atoms with Crippen molar-refractivity contribution in [3.63, 3.8) is 0 Å². The number of aromatic nitrogens is 3. The average molecular weight is 335 g/mol. The number of nitrogens with zero attached hydrogens (tertiary/aromatic N) is 4. The minimum Gasteiger partial charge on any atom is -0.330 e. The Hall–Kier alpha value is -2.24. The summed E-state index contributed by atoms with van der Waals surface area (Å²) < 4.78 is 2.18. The third-order valence-corrected chi connectivity index (χ3v) is 5.37. The molecule has 1 fully saturated rings. The maximum Gasteiger partial charge on any atom is 0.123 e. The van der Waals surface area contributed by atoms with Gasteiger partial charge in [0.1, 0.15) is 5.82 Å². The number of hydrogen-bond donors (Lipinski definition) is 1. The zero-order valence-corrected chi connectivity index (χ0v) is 14.9. The van der Waals surface area contributed by atoms with Gasteiger partial charge in [-0.25, -0.2) is 4.98 Å². The summed E-state index contributed by atoms with van der Waals surface area (Å²) in [4.78, 5) is 11.5. The number of nitrogens with one attached hydrogen (secondary N) is 1. The average Bonchev–Trinajstić information content (AvgIpc) is 3.17. The van der Waals surface area contributed by atoms with Gasteiger partial charge in [0.05, 0.1) is 17.6 Å². The van der Waals surface area contributed by atoms with Crippen LogP contribution >= 0.6 is 0 Å². The smallest absolute Gasteiger partial charge is 0.123 e. The van der Waals surface area contributed by atoms with E-state index in [4.69, 9.17) is 4.98 Å². The molecular weight excluding hydrogens is 310 g/mol. The lowest BCUT2D eigenvalue weighted by Gasteiger charge is -2.25. The Labute approximate surface area is 148 Å². The molecule has 1 aliphatic rings. The van der Waals surface area contributed by atoms with E-state index in [-0.39, 0.29) is 0 Å². The number of pyridine rings is 1. The lowest BCUT2D eigenvalue weighted by Crippen LogP contribution is -2.29. The summed E-state index contributed by atoms with van der Waals surface area (Å²) in [5.74, 6) is 1.69. The molecule has 0 saturated carbocycles. The first kappa shape index (κ1) is 16.2. The summed E-state index contributed by atoms with van der Waals surface area (Å²) in [7, 11) is 4.30. The lowest BCUT2D eigenvalue weighted by molar-refractivity contribution is 0.271. The van der Waals surface area contributed by atoms with Gasteiger partial charge in [0.15, 0.2) is 0 Å². The summed E-state index contributed by atoms with van der Waals surface area (Å²) in [5, 5.41) is 3.64. The van der Waals surface area contributed by atoms with Crippen LogP contribution in [0.4, 0.5) is 0 Å². The number of imidazole rings is 1.